The lowest BCUT2D eigenvalue weighted by Gasteiger charge is -2.28. The van der Waals surface area contributed by atoms with Gasteiger partial charge in [0.25, 0.3) is 5.56 Å². The van der Waals surface area contributed by atoms with Crippen molar-refractivity contribution in [3.05, 3.63) is 97.3 Å². The van der Waals surface area contributed by atoms with Crippen LogP contribution in [0.15, 0.2) is 80.5 Å². The molecule has 2 N–H and O–H groups in total. The van der Waals surface area contributed by atoms with Crippen LogP contribution in [0, 0.1) is 0 Å². The molecular formula is C22H21N3O4S2. The van der Waals surface area contributed by atoms with Gasteiger partial charge >= 0.3 is 5.69 Å². The normalized spacial score (nSPS) is 13.0. The van der Waals surface area contributed by atoms with E-state index in [-0.39, 0.29) is 28.4 Å². The number of benzene rings is 2. The molecule has 0 spiro atoms. The van der Waals surface area contributed by atoms with Crippen LogP contribution in [-0.4, -0.2) is 28.7 Å². The van der Waals surface area contributed by atoms with E-state index in [0.717, 1.165) is 10.4 Å². The highest BCUT2D eigenvalue weighted by Crippen LogP contribution is 2.25. The van der Waals surface area contributed by atoms with Gasteiger partial charge in [-0.15, -0.1) is 11.3 Å². The lowest BCUT2D eigenvalue weighted by molar-refractivity contribution is 0.329. The number of H-pyrrole nitrogens is 2. The van der Waals surface area contributed by atoms with Crippen molar-refractivity contribution in [1.82, 2.24) is 14.3 Å². The summed E-state index contributed by atoms with van der Waals surface area (Å²) in [5, 5.41) is 2.08. The molecule has 0 saturated carbocycles. The number of fused-ring (bicyclic) bond motifs is 1. The molecule has 9 heteroatoms. The third-order valence-electron chi connectivity index (χ3n) is 5.07. The van der Waals surface area contributed by atoms with Crippen molar-refractivity contribution in [2.24, 2.45) is 0 Å². The summed E-state index contributed by atoms with van der Waals surface area (Å²) in [6, 6.07) is 17.2. The maximum atomic E-state index is 13.7. The molecule has 4 aromatic rings. The van der Waals surface area contributed by atoms with Crippen molar-refractivity contribution >= 4 is 32.3 Å². The highest BCUT2D eigenvalue weighted by atomic mass is 32.2. The zero-order valence-corrected chi connectivity index (χ0v) is 18.4. The number of aromatic amines is 2. The van der Waals surface area contributed by atoms with E-state index in [0.29, 0.717) is 6.42 Å². The molecule has 2 heterocycles. The van der Waals surface area contributed by atoms with Gasteiger partial charge in [-0.1, -0.05) is 36.4 Å². The van der Waals surface area contributed by atoms with E-state index in [9.17, 15) is 18.0 Å². The highest BCUT2D eigenvalue weighted by Gasteiger charge is 2.30. The van der Waals surface area contributed by atoms with Crippen LogP contribution in [0.2, 0.25) is 0 Å². The molecule has 0 radical (unpaired) electrons. The van der Waals surface area contributed by atoms with Crippen LogP contribution < -0.4 is 11.2 Å². The van der Waals surface area contributed by atoms with Gasteiger partial charge in [-0.25, -0.2) is 13.2 Å². The van der Waals surface area contributed by atoms with Gasteiger partial charge in [0.1, 0.15) is 0 Å². The van der Waals surface area contributed by atoms with E-state index in [1.807, 2.05) is 54.8 Å². The molecular weight excluding hydrogens is 434 g/mol. The third kappa shape index (κ3) is 4.53. The number of rotatable bonds is 7. The lowest BCUT2D eigenvalue weighted by Crippen LogP contribution is -2.39. The smallest absolute Gasteiger partial charge is 0.307 e. The largest absolute Gasteiger partial charge is 0.326 e. The minimum absolute atomic E-state index is 0.00603. The summed E-state index contributed by atoms with van der Waals surface area (Å²) in [6.07, 6.45) is 0.575. The summed E-state index contributed by atoms with van der Waals surface area (Å²) in [6.45, 7) is 2.08. The molecule has 2 aromatic carbocycles. The van der Waals surface area contributed by atoms with E-state index >= 15 is 0 Å². The predicted octanol–water partition coefficient (Wildman–Crippen LogP) is 3.10. The van der Waals surface area contributed by atoms with Gasteiger partial charge in [0.05, 0.1) is 15.8 Å². The zero-order valence-electron chi connectivity index (χ0n) is 16.7. The van der Waals surface area contributed by atoms with E-state index < -0.39 is 21.3 Å². The van der Waals surface area contributed by atoms with E-state index in [1.54, 1.807) is 11.3 Å². The SMILES string of the molecule is CC(Cc1cccs1)N(Cc1ccccc1)S(=O)(=O)c1ccc2[nH]c(=O)[nH]c(=O)c2c1. The Morgan fingerprint density at radius 1 is 1.00 bits per heavy atom. The molecule has 1 atom stereocenters. The number of hydrogen-bond acceptors (Lipinski definition) is 5. The Morgan fingerprint density at radius 2 is 1.77 bits per heavy atom. The number of aromatic nitrogens is 2. The van der Waals surface area contributed by atoms with Gasteiger partial charge in [0.2, 0.25) is 10.0 Å². The summed E-state index contributed by atoms with van der Waals surface area (Å²) in [5.74, 6) is 0. The van der Waals surface area contributed by atoms with Crippen LogP contribution >= 0.6 is 11.3 Å². The fourth-order valence-corrected chi connectivity index (χ4v) is 5.97. The van der Waals surface area contributed by atoms with Gasteiger partial charge in [-0.05, 0) is 48.6 Å². The summed E-state index contributed by atoms with van der Waals surface area (Å²) in [5.41, 5.74) is -0.110. The van der Waals surface area contributed by atoms with Crippen molar-refractivity contribution in [2.45, 2.75) is 30.8 Å². The molecule has 0 fully saturated rings. The van der Waals surface area contributed by atoms with Gasteiger partial charge in [0, 0.05) is 17.5 Å². The number of nitrogens with zero attached hydrogens (tertiary/aromatic N) is 1. The van der Waals surface area contributed by atoms with Crippen molar-refractivity contribution in [3.63, 3.8) is 0 Å². The summed E-state index contributed by atoms with van der Waals surface area (Å²) >= 11 is 1.59. The van der Waals surface area contributed by atoms with Crippen molar-refractivity contribution < 1.29 is 8.42 Å². The zero-order chi connectivity index (χ0) is 22.0. The second-order valence-corrected chi connectivity index (χ2v) is 10.2. The van der Waals surface area contributed by atoms with Gasteiger partial charge < -0.3 is 4.98 Å². The Kier molecular flexibility index (Phi) is 5.90. The van der Waals surface area contributed by atoms with Crippen molar-refractivity contribution in [2.75, 3.05) is 0 Å². The predicted molar refractivity (Wildman–Crippen MR) is 122 cm³/mol. The molecule has 31 heavy (non-hydrogen) atoms. The van der Waals surface area contributed by atoms with E-state index in [2.05, 4.69) is 9.97 Å². The molecule has 0 bridgehead atoms. The monoisotopic (exact) mass is 455 g/mol. The first-order chi connectivity index (χ1) is 14.8. The van der Waals surface area contributed by atoms with Gasteiger partial charge in [0.15, 0.2) is 0 Å². The molecule has 160 valence electrons. The third-order valence-corrected chi connectivity index (χ3v) is 7.92. The topological polar surface area (TPSA) is 103 Å². The fraction of sp³-hybridized carbons (Fsp3) is 0.182. The Balaban J connectivity index is 1.77. The quantitative estimate of drug-likeness (QED) is 0.447. The average Bonchev–Trinajstić information content (AvgIpc) is 3.25. The Morgan fingerprint density at radius 3 is 2.48 bits per heavy atom. The second kappa shape index (κ2) is 8.62. The standard InChI is InChI=1S/C22H21N3O4S2/c1-15(12-17-8-5-11-30-17)25(14-16-6-3-2-4-7-16)31(28,29)18-9-10-20-19(13-18)21(26)24-22(27)23-20/h2-11,13,15H,12,14H2,1H3,(H2,23,24,26,27). The molecule has 0 saturated heterocycles. The Labute approximate surface area is 183 Å². The first kappa shape index (κ1) is 21.2. The van der Waals surface area contributed by atoms with Crippen molar-refractivity contribution in [3.8, 4) is 0 Å². The first-order valence-corrected chi connectivity index (χ1v) is 12.0. The molecule has 4 rings (SSSR count). The number of thiophene rings is 1. The Hall–Kier alpha value is -3.01. The average molecular weight is 456 g/mol. The number of hydrogen-bond donors (Lipinski definition) is 2. The lowest BCUT2D eigenvalue weighted by atomic mass is 10.1. The Bertz CT molecular complexity index is 1410. The second-order valence-electron chi connectivity index (χ2n) is 7.28. The molecule has 0 aliphatic heterocycles. The number of nitrogens with one attached hydrogen (secondary N) is 2. The highest BCUT2D eigenvalue weighted by molar-refractivity contribution is 7.89. The van der Waals surface area contributed by atoms with E-state index in [4.69, 9.17) is 0 Å². The van der Waals surface area contributed by atoms with Crippen molar-refractivity contribution in [1.29, 1.82) is 0 Å². The fourth-order valence-electron chi connectivity index (χ4n) is 3.50. The van der Waals surface area contributed by atoms with Crippen LogP contribution in [0.25, 0.3) is 10.9 Å². The van der Waals surface area contributed by atoms with Crippen LogP contribution in [0.3, 0.4) is 0 Å². The minimum atomic E-state index is -3.93. The van der Waals surface area contributed by atoms with E-state index in [1.165, 1.54) is 22.5 Å². The van der Waals surface area contributed by atoms with Crippen LogP contribution in [-0.2, 0) is 23.0 Å². The van der Waals surface area contributed by atoms with Crippen LogP contribution in [0.5, 0.6) is 0 Å². The molecule has 7 nitrogen and oxygen atoms in total. The maximum Gasteiger partial charge on any atom is 0.326 e. The van der Waals surface area contributed by atoms with Gasteiger partial charge in [-0.3, -0.25) is 9.78 Å². The first-order valence-electron chi connectivity index (χ1n) is 9.69. The molecule has 0 aliphatic rings. The van der Waals surface area contributed by atoms with Crippen LogP contribution in [0.4, 0.5) is 0 Å². The molecule has 2 aromatic heterocycles. The van der Waals surface area contributed by atoms with Crippen LogP contribution in [0.1, 0.15) is 17.4 Å². The summed E-state index contributed by atoms with van der Waals surface area (Å²) in [7, 11) is -3.93. The molecule has 1 unspecified atom stereocenters. The molecule has 0 amide bonds. The summed E-state index contributed by atoms with van der Waals surface area (Å²) < 4.78 is 28.8. The minimum Gasteiger partial charge on any atom is -0.307 e. The summed E-state index contributed by atoms with van der Waals surface area (Å²) in [4.78, 5) is 29.5. The molecule has 0 aliphatic carbocycles. The number of sulfonamides is 1. The maximum absolute atomic E-state index is 13.7. The van der Waals surface area contributed by atoms with Gasteiger partial charge in [-0.2, -0.15) is 4.31 Å².